The number of hydrogen-bond donors (Lipinski definition) is 1. The van der Waals surface area contributed by atoms with E-state index in [2.05, 4.69) is 48.6 Å². The average Bonchev–Trinajstić information content (AvgIpc) is 3.24. The number of carbonyl (C=O) groups is 1. The van der Waals surface area contributed by atoms with Crippen LogP contribution in [0.15, 0.2) is 86.4 Å². The summed E-state index contributed by atoms with van der Waals surface area (Å²) in [6.45, 7) is 19.1. The molecule has 2 heterocycles. The molecule has 0 fully saturated rings. The van der Waals surface area contributed by atoms with Crippen LogP contribution in [0.5, 0.6) is 0 Å². The number of aromatic nitrogens is 3. The van der Waals surface area contributed by atoms with Crippen molar-refractivity contribution in [2.75, 3.05) is 19.5 Å². The van der Waals surface area contributed by atoms with Gasteiger partial charge in [-0.2, -0.15) is 5.10 Å². The first-order chi connectivity index (χ1) is 15.0. The van der Waals surface area contributed by atoms with Crippen LogP contribution < -0.4 is 5.32 Å². The van der Waals surface area contributed by atoms with Gasteiger partial charge in [0.15, 0.2) is 5.65 Å². The highest BCUT2D eigenvalue weighted by atomic mass is 16.5. The van der Waals surface area contributed by atoms with Crippen molar-refractivity contribution in [3.63, 3.8) is 0 Å². The summed E-state index contributed by atoms with van der Waals surface area (Å²) in [6.07, 6.45) is 14.7. The van der Waals surface area contributed by atoms with Gasteiger partial charge in [-0.05, 0) is 36.6 Å². The van der Waals surface area contributed by atoms with Gasteiger partial charge in [0.2, 0.25) is 0 Å². The predicted molar refractivity (Wildman–Crippen MR) is 132 cm³/mol. The van der Waals surface area contributed by atoms with Gasteiger partial charge in [-0.3, -0.25) is 0 Å². The molecule has 6 heteroatoms. The number of nitrogens with zero attached hydrogens (tertiary/aromatic N) is 3. The molecule has 2 aromatic rings. The Morgan fingerprint density at radius 3 is 2.45 bits per heavy atom. The fraction of sp³-hybridized carbons (Fsp3) is 0.240. The van der Waals surface area contributed by atoms with Crippen LogP contribution in [0.4, 0.5) is 5.82 Å². The molecule has 0 saturated heterocycles. The first-order valence-electron chi connectivity index (χ1n) is 9.87. The lowest BCUT2D eigenvalue weighted by atomic mass is 10.1. The molecule has 0 unspecified atom stereocenters. The van der Waals surface area contributed by atoms with Crippen LogP contribution in [0, 0.1) is 0 Å². The van der Waals surface area contributed by atoms with Gasteiger partial charge in [-0.25, -0.2) is 9.50 Å². The molecule has 0 amide bonds. The smallest absolute Gasteiger partial charge is 0.156 e. The Morgan fingerprint density at radius 2 is 1.94 bits per heavy atom. The van der Waals surface area contributed by atoms with Crippen LogP contribution in [0.2, 0.25) is 0 Å². The molecule has 6 nitrogen and oxygen atoms in total. The first-order valence-corrected chi connectivity index (χ1v) is 9.87. The van der Waals surface area contributed by atoms with E-state index in [-0.39, 0.29) is 0 Å². The Morgan fingerprint density at radius 1 is 1.23 bits per heavy atom. The summed E-state index contributed by atoms with van der Waals surface area (Å²) in [5, 5.41) is 7.46. The number of imidazole rings is 1. The lowest BCUT2D eigenvalue weighted by Gasteiger charge is -2.03. The van der Waals surface area contributed by atoms with Crippen molar-refractivity contribution < 1.29 is 9.53 Å². The number of rotatable bonds is 10. The van der Waals surface area contributed by atoms with E-state index in [0.717, 1.165) is 29.2 Å². The van der Waals surface area contributed by atoms with Crippen LogP contribution in [0.3, 0.4) is 0 Å². The number of methoxy groups -OCH3 is 1. The number of unbranched alkanes of at least 4 members (excludes halogenated alkanes) is 1. The molecule has 2 aromatic heterocycles. The summed E-state index contributed by atoms with van der Waals surface area (Å²) in [5.74, 6) is 1.33. The second-order valence-corrected chi connectivity index (χ2v) is 6.16. The molecule has 2 rings (SSSR count). The molecule has 0 bridgehead atoms. The topological polar surface area (TPSA) is 68.5 Å². The van der Waals surface area contributed by atoms with E-state index >= 15 is 0 Å². The summed E-state index contributed by atoms with van der Waals surface area (Å²) in [6, 6.07) is 3.79. The Labute approximate surface area is 186 Å². The van der Waals surface area contributed by atoms with Crippen molar-refractivity contribution in [3.8, 4) is 0 Å². The maximum Gasteiger partial charge on any atom is 0.156 e. The van der Waals surface area contributed by atoms with Crippen LogP contribution in [-0.2, 0) is 9.53 Å². The van der Waals surface area contributed by atoms with Gasteiger partial charge < -0.3 is 14.8 Å². The molecule has 0 aliphatic heterocycles. The third-order valence-electron chi connectivity index (χ3n) is 4.08. The number of hydrogen-bond acceptors (Lipinski definition) is 5. The van der Waals surface area contributed by atoms with Gasteiger partial charge in [-0.1, -0.05) is 64.0 Å². The monoisotopic (exact) mass is 422 g/mol. The lowest BCUT2D eigenvalue weighted by Crippen LogP contribution is -1.96. The number of nitrogens with one attached hydrogen (secondary N) is 1. The first kappa shape index (κ1) is 27.3. The van der Waals surface area contributed by atoms with Gasteiger partial charge in [-0.15, -0.1) is 0 Å². The Kier molecular flexibility index (Phi) is 14.2. The molecule has 1 N–H and O–H groups in total. The summed E-state index contributed by atoms with van der Waals surface area (Å²) in [5.41, 5.74) is 3.69. The zero-order valence-electron chi connectivity index (χ0n) is 18.9. The quantitative estimate of drug-likeness (QED) is 0.388. The molecule has 0 aliphatic rings. The van der Waals surface area contributed by atoms with Crippen LogP contribution >= 0.6 is 0 Å². The second-order valence-electron chi connectivity index (χ2n) is 6.16. The third-order valence-corrected chi connectivity index (χ3v) is 4.08. The molecule has 166 valence electrons. The van der Waals surface area contributed by atoms with E-state index in [0.29, 0.717) is 5.76 Å². The zero-order chi connectivity index (χ0) is 23.6. The average molecular weight is 423 g/mol. The number of ether oxygens (including phenoxy) is 1. The van der Waals surface area contributed by atoms with Crippen molar-refractivity contribution >= 4 is 23.8 Å². The number of allylic oxidation sites excluding steroid dienone is 7. The van der Waals surface area contributed by atoms with E-state index in [9.17, 15) is 0 Å². The van der Waals surface area contributed by atoms with Gasteiger partial charge in [0.1, 0.15) is 18.4 Å². The fourth-order valence-electron chi connectivity index (χ4n) is 2.41. The highest BCUT2D eigenvalue weighted by Gasteiger charge is 2.05. The standard InChI is InChI=1S/C14H16N4O.C10H16.CH2O/c1-5-11(8-10(2)19-4)12-6-7-14-16-13(15-3)9-18(14)17-12;1-4-7-9-10(6-3)8-5-2;1-2/h5-9,15H,1-2H2,3-4H3;5-6,8H,2-4,7,9H2,1H3;1H2/b11-8+;10-8+;. The van der Waals surface area contributed by atoms with Crippen LogP contribution in [0.25, 0.3) is 11.2 Å². The second kappa shape index (κ2) is 16.2. The third kappa shape index (κ3) is 9.58. The van der Waals surface area contributed by atoms with Crippen molar-refractivity contribution in [1.29, 1.82) is 0 Å². The van der Waals surface area contributed by atoms with Crippen LogP contribution in [-0.4, -0.2) is 35.5 Å². The molecule has 0 spiro atoms. The van der Waals surface area contributed by atoms with Crippen molar-refractivity contribution in [2.45, 2.75) is 26.2 Å². The molecule has 0 aliphatic carbocycles. The Bertz CT molecular complexity index is 923. The summed E-state index contributed by atoms with van der Waals surface area (Å²) in [7, 11) is 3.39. The molecule has 31 heavy (non-hydrogen) atoms. The lowest BCUT2D eigenvalue weighted by molar-refractivity contribution is -0.0979. The number of carbonyl (C=O) groups excluding carboxylic acids is 1. The van der Waals surface area contributed by atoms with E-state index in [4.69, 9.17) is 9.53 Å². The van der Waals surface area contributed by atoms with Gasteiger partial charge in [0.05, 0.1) is 19.0 Å². The van der Waals surface area contributed by atoms with E-state index in [1.165, 1.54) is 18.4 Å². The van der Waals surface area contributed by atoms with Crippen molar-refractivity contribution in [1.82, 2.24) is 14.6 Å². The summed E-state index contributed by atoms with van der Waals surface area (Å²) in [4.78, 5) is 12.3. The van der Waals surface area contributed by atoms with Crippen molar-refractivity contribution in [3.05, 3.63) is 92.1 Å². The normalized spacial score (nSPS) is 10.7. The molecule has 0 saturated carbocycles. The SMILES string of the molecule is C=C/C(=C\C(=C)OC)c1ccc2nc(NC)cn2n1.C=C/C=C(\C=C)CCCC.C=O. The molecular formula is C25H34N4O2. The predicted octanol–water partition coefficient (Wildman–Crippen LogP) is 5.79. The zero-order valence-corrected chi connectivity index (χ0v) is 18.9. The molecular weight excluding hydrogens is 388 g/mol. The van der Waals surface area contributed by atoms with Gasteiger partial charge in [0.25, 0.3) is 0 Å². The molecule has 0 aromatic carbocycles. The number of fused-ring (bicyclic) bond motifs is 1. The highest BCUT2D eigenvalue weighted by Crippen LogP contribution is 2.17. The molecule has 0 atom stereocenters. The summed E-state index contributed by atoms with van der Waals surface area (Å²) < 4.78 is 6.75. The Hall–Kier alpha value is -3.67. The van der Waals surface area contributed by atoms with E-state index in [1.807, 2.05) is 50.4 Å². The summed E-state index contributed by atoms with van der Waals surface area (Å²) >= 11 is 0. The highest BCUT2D eigenvalue weighted by molar-refractivity contribution is 5.73. The van der Waals surface area contributed by atoms with E-state index < -0.39 is 0 Å². The van der Waals surface area contributed by atoms with Crippen LogP contribution in [0.1, 0.15) is 31.9 Å². The maximum atomic E-state index is 8.00. The fourth-order valence-corrected chi connectivity index (χ4v) is 2.41. The minimum atomic E-state index is 0.554. The minimum Gasteiger partial charge on any atom is -0.497 e. The minimum absolute atomic E-state index is 0.554. The van der Waals surface area contributed by atoms with Gasteiger partial charge in [0, 0.05) is 12.6 Å². The largest absolute Gasteiger partial charge is 0.497 e. The van der Waals surface area contributed by atoms with Gasteiger partial charge >= 0.3 is 0 Å². The Balaban J connectivity index is 0.000000639. The van der Waals surface area contributed by atoms with E-state index in [1.54, 1.807) is 23.8 Å². The molecule has 0 radical (unpaired) electrons. The van der Waals surface area contributed by atoms with Crippen molar-refractivity contribution in [2.24, 2.45) is 0 Å². The maximum absolute atomic E-state index is 8.00. The number of anilines is 1.